The van der Waals surface area contributed by atoms with Crippen LogP contribution in [0.2, 0.25) is 0 Å². The van der Waals surface area contributed by atoms with Crippen LogP contribution in [0.1, 0.15) is 62.6 Å². The predicted octanol–water partition coefficient (Wildman–Crippen LogP) is 3.01. The first-order chi connectivity index (χ1) is 10.9. The van der Waals surface area contributed by atoms with Gasteiger partial charge in [-0.2, -0.15) is 18.2 Å². The van der Waals surface area contributed by atoms with Gasteiger partial charge in [-0.3, -0.25) is 4.90 Å². The van der Waals surface area contributed by atoms with Crippen LogP contribution in [0.5, 0.6) is 0 Å². The topological polar surface area (TPSA) is 62.4 Å². The molecule has 23 heavy (non-hydrogen) atoms. The summed E-state index contributed by atoms with van der Waals surface area (Å²) in [5.74, 6) is 1.49. The minimum atomic E-state index is -4.57. The number of hydrogen-bond donors (Lipinski definition) is 1. The summed E-state index contributed by atoms with van der Waals surface area (Å²) in [5.41, 5.74) is -2.56. The molecule has 0 atom stereocenters. The lowest BCUT2D eigenvalue weighted by molar-refractivity contribution is -0.272. The second-order valence-corrected chi connectivity index (χ2v) is 6.69. The van der Waals surface area contributed by atoms with Gasteiger partial charge in [-0.15, -0.1) is 0 Å². The highest BCUT2D eigenvalue weighted by Gasteiger charge is 2.54. The first-order valence-electron chi connectivity index (χ1n) is 8.21. The number of piperidine rings is 1. The Hall–Kier alpha value is -1.15. The summed E-state index contributed by atoms with van der Waals surface area (Å²) < 4.78 is 43.7. The number of hydrogen-bond acceptors (Lipinski definition) is 5. The molecule has 0 unspecified atom stereocenters. The van der Waals surface area contributed by atoms with Crippen molar-refractivity contribution in [2.75, 3.05) is 13.1 Å². The fourth-order valence-electron chi connectivity index (χ4n) is 3.41. The molecule has 2 fully saturated rings. The molecule has 1 aromatic rings. The van der Waals surface area contributed by atoms with Gasteiger partial charge in [-0.1, -0.05) is 24.4 Å². The lowest BCUT2D eigenvalue weighted by Gasteiger charge is -2.38. The van der Waals surface area contributed by atoms with Gasteiger partial charge in [-0.25, -0.2) is 0 Å². The highest BCUT2D eigenvalue weighted by atomic mass is 19.4. The molecular formula is C15H22F3N3O2. The second kappa shape index (κ2) is 6.39. The number of halogens is 3. The molecule has 1 saturated heterocycles. The monoisotopic (exact) mass is 333 g/mol. The van der Waals surface area contributed by atoms with E-state index in [1.165, 1.54) is 19.3 Å². The molecule has 1 N–H and O–H groups in total. The molecular weight excluding hydrogens is 311 g/mol. The Morgan fingerprint density at radius 1 is 1.17 bits per heavy atom. The standard InChI is InChI=1S/C15H22F3N3O2/c16-15(17,18)14(22)6-8-21(9-7-14)10-12-19-13(23-20-12)11-4-2-1-3-5-11/h11,22H,1-10H2. The molecule has 1 saturated carbocycles. The van der Waals surface area contributed by atoms with Crippen LogP contribution in [0, 0.1) is 0 Å². The molecule has 0 bridgehead atoms. The summed E-state index contributed by atoms with van der Waals surface area (Å²) in [6.07, 6.45) is 0.503. The quantitative estimate of drug-likeness (QED) is 0.921. The van der Waals surface area contributed by atoms with Crippen molar-refractivity contribution in [1.82, 2.24) is 15.0 Å². The molecule has 5 nitrogen and oxygen atoms in total. The third-order valence-electron chi connectivity index (χ3n) is 5.01. The van der Waals surface area contributed by atoms with E-state index in [0.29, 0.717) is 24.2 Å². The first-order valence-corrected chi connectivity index (χ1v) is 8.21. The molecule has 1 aliphatic carbocycles. The Balaban J connectivity index is 1.54. The molecule has 3 rings (SSSR count). The van der Waals surface area contributed by atoms with Gasteiger partial charge in [-0.05, 0) is 25.7 Å². The largest absolute Gasteiger partial charge is 0.417 e. The molecule has 2 aliphatic rings. The molecule has 8 heteroatoms. The molecule has 0 aromatic carbocycles. The smallest absolute Gasteiger partial charge is 0.380 e. The van der Waals surface area contributed by atoms with Crippen LogP contribution in [-0.2, 0) is 6.54 Å². The number of aromatic nitrogens is 2. The number of aliphatic hydroxyl groups is 1. The SMILES string of the molecule is OC1(C(F)(F)F)CCN(Cc2noc(C3CCCCC3)n2)CC1. The van der Waals surface area contributed by atoms with E-state index >= 15 is 0 Å². The summed E-state index contributed by atoms with van der Waals surface area (Å²) in [4.78, 5) is 6.24. The maximum Gasteiger partial charge on any atom is 0.417 e. The van der Waals surface area contributed by atoms with Crippen molar-refractivity contribution < 1.29 is 22.8 Å². The highest BCUT2D eigenvalue weighted by Crippen LogP contribution is 2.38. The fraction of sp³-hybridized carbons (Fsp3) is 0.867. The van der Waals surface area contributed by atoms with Gasteiger partial charge in [0.2, 0.25) is 5.89 Å². The summed E-state index contributed by atoms with van der Waals surface area (Å²) in [5, 5.41) is 13.6. The molecule has 0 spiro atoms. The van der Waals surface area contributed by atoms with Crippen molar-refractivity contribution in [3.8, 4) is 0 Å². The van der Waals surface area contributed by atoms with Crippen LogP contribution in [0.25, 0.3) is 0 Å². The van der Waals surface area contributed by atoms with Crippen molar-refractivity contribution >= 4 is 0 Å². The van der Waals surface area contributed by atoms with Gasteiger partial charge in [0.15, 0.2) is 11.4 Å². The van der Waals surface area contributed by atoms with Crippen molar-refractivity contribution in [3.05, 3.63) is 11.7 Å². The predicted molar refractivity (Wildman–Crippen MR) is 75.6 cm³/mol. The zero-order valence-electron chi connectivity index (χ0n) is 13.0. The van der Waals surface area contributed by atoms with E-state index < -0.39 is 11.8 Å². The Bertz CT molecular complexity index is 518. The fourth-order valence-corrected chi connectivity index (χ4v) is 3.41. The van der Waals surface area contributed by atoms with Crippen molar-refractivity contribution in [2.24, 2.45) is 0 Å². The van der Waals surface area contributed by atoms with Gasteiger partial charge in [0.05, 0.1) is 6.54 Å². The van der Waals surface area contributed by atoms with Crippen LogP contribution in [0.15, 0.2) is 4.52 Å². The van der Waals surface area contributed by atoms with E-state index in [9.17, 15) is 18.3 Å². The molecule has 0 amide bonds. The van der Waals surface area contributed by atoms with Gasteiger partial charge >= 0.3 is 6.18 Å². The summed E-state index contributed by atoms with van der Waals surface area (Å²) in [6, 6.07) is 0. The van der Waals surface area contributed by atoms with Crippen LogP contribution < -0.4 is 0 Å². The Morgan fingerprint density at radius 2 is 1.83 bits per heavy atom. The summed E-state index contributed by atoms with van der Waals surface area (Å²) in [6.45, 7) is 0.705. The lowest BCUT2D eigenvalue weighted by atomic mass is 9.89. The minimum absolute atomic E-state index is 0.170. The van der Waals surface area contributed by atoms with Gasteiger partial charge in [0, 0.05) is 19.0 Å². The average molecular weight is 333 g/mol. The Labute approximate surface area is 132 Å². The van der Waals surface area contributed by atoms with Crippen LogP contribution in [0.4, 0.5) is 13.2 Å². The van der Waals surface area contributed by atoms with Crippen LogP contribution >= 0.6 is 0 Å². The number of alkyl halides is 3. The van der Waals surface area contributed by atoms with Gasteiger partial charge in [0.1, 0.15) is 0 Å². The van der Waals surface area contributed by atoms with Crippen LogP contribution in [-0.4, -0.2) is 45.0 Å². The van der Waals surface area contributed by atoms with E-state index in [1.54, 1.807) is 0 Å². The zero-order valence-corrected chi connectivity index (χ0v) is 13.0. The van der Waals surface area contributed by atoms with Gasteiger partial charge in [0.25, 0.3) is 0 Å². The van der Waals surface area contributed by atoms with Crippen LogP contribution in [0.3, 0.4) is 0 Å². The maximum absolute atomic E-state index is 12.8. The number of rotatable bonds is 3. The molecule has 1 aliphatic heterocycles. The molecule has 1 aromatic heterocycles. The van der Waals surface area contributed by atoms with E-state index in [-0.39, 0.29) is 25.9 Å². The lowest BCUT2D eigenvalue weighted by Crippen LogP contribution is -2.53. The Kier molecular flexibility index (Phi) is 4.64. The molecule has 2 heterocycles. The average Bonchev–Trinajstić information content (AvgIpc) is 2.98. The van der Waals surface area contributed by atoms with E-state index in [2.05, 4.69) is 10.1 Å². The van der Waals surface area contributed by atoms with Crippen molar-refractivity contribution in [3.63, 3.8) is 0 Å². The van der Waals surface area contributed by atoms with E-state index in [4.69, 9.17) is 4.52 Å². The first kappa shape index (κ1) is 16.7. The van der Waals surface area contributed by atoms with Crippen molar-refractivity contribution in [2.45, 2.75) is 69.2 Å². The van der Waals surface area contributed by atoms with Gasteiger partial charge < -0.3 is 9.63 Å². The summed E-state index contributed by atoms with van der Waals surface area (Å²) in [7, 11) is 0. The third kappa shape index (κ3) is 3.68. The molecule has 0 radical (unpaired) electrons. The second-order valence-electron chi connectivity index (χ2n) is 6.69. The number of nitrogens with zero attached hydrogens (tertiary/aromatic N) is 3. The molecule has 130 valence electrons. The number of likely N-dealkylation sites (tertiary alicyclic amines) is 1. The minimum Gasteiger partial charge on any atom is -0.380 e. The Morgan fingerprint density at radius 3 is 2.43 bits per heavy atom. The van der Waals surface area contributed by atoms with E-state index in [0.717, 1.165) is 12.8 Å². The normalized spacial score (nSPS) is 24.0. The van der Waals surface area contributed by atoms with E-state index in [1.807, 2.05) is 4.90 Å². The summed E-state index contributed by atoms with van der Waals surface area (Å²) >= 11 is 0. The third-order valence-corrected chi connectivity index (χ3v) is 5.01. The zero-order chi connectivity index (χ0) is 16.5. The van der Waals surface area contributed by atoms with Crippen molar-refractivity contribution in [1.29, 1.82) is 0 Å². The highest BCUT2D eigenvalue weighted by molar-refractivity contribution is 4.97. The maximum atomic E-state index is 12.8.